The average molecular weight is 314 g/mol. The lowest BCUT2D eigenvalue weighted by molar-refractivity contribution is -0.123. The molecule has 0 bridgehead atoms. The van der Waals surface area contributed by atoms with Gasteiger partial charge in [-0.15, -0.1) is 0 Å². The van der Waals surface area contributed by atoms with E-state index in [2.05, 4.69) is 10.6 Å². The van der Waals surface area contributed by atoms with Crippen LogP contribution in [0.3, 0.4) is 0 Å². The van der Waals surface area contributed by atoms with Crippen LogP contribution >= 0.6 is 0 Å². The SMILES string of the molecule is CCCNC(=O)NC(=O)COC(=O)c1cccc2ccccc12. The first kappa shape index (κ1) is 16.5. The first-order chi connectivity index (χ1) is 11.1. The van der Waals surface area contributed by atoms with E-state index in [1.54, 1.807) is 12.1 Å². The fourth-order valence-electron chi connectivity index (χ4n) is 2.06. The molecule has 0 aliphatic carbocycles. The van der Waals surface area contributed by atoms with Gasteiger partial charge in [0.2, 0.25) is 0 Å². The summed E-state index contributed by atoms with van der Waals surface area (Å²) < 4.78 is 4.97. The number of rotatable bonds is 5. The number of esters is 1. The summed E-state index contributed by atoms with van der Waals surface area (Å²) in [7, 11) is 0. The maximum absolute atomic E-state index is 12.1. The maximum Gasteiger partial charge on any atom is 0.339 e. The van der Waals surface area contributed by atoms with E-state index >= 15 is 0 Å². The minimum atomic E-state index is -0.674. The highest BCUT2D eigenvalue weighted by Gasteiger charge is 2.14. The summed E-state index contributed by atoms with van der Waals surface area (Å²) in [6.07, 6.45) is 0.762. The Balaban J connectivity index is 1.94. The van der Waals surface area contributed by atoms with Gasteiger partial charge in [-0.25, -0.2) is 9.59 Å². The van der Waals surface area contributed by atoms with Gasteiger partial charge in [0.15, 0.2) is 6.61 Å². The lowest BCUT2D eigenvalue weighted by Crippen LogP contribution is -2.41. The summed E-state index contributed by atoms with van der Waals surface area (Å²) in [6, 6.07) is 12.1. The molecule has 6 heteroatoms. The van der Waals surface area contributed by atoms with Crippen molar-refractivity contribution >= 4 is 28.7 Å². The molecule has 0 radical (unpaired) electrons. The van der Waals surface area contributed by atoms with Gasteiger partial charge in [0.25, 0.3) is 5.91 Å². The molecule has 0 saturated carbocycles. The third-order valence-electron chi connectivity index (χ3n) is 3.13. The first-order valence-electron chi connectivity index (χ1n) is 7.34. The third kappa shape index (κ3) is 4.54. The molecule has 23 heavy (non-hydrogen) atoms. The lowest BCUT2D eigenvalue weighted by Gasteiger charge is -2.08. The summed E-state index contributed by atoms with van der Waals surface area (Å²) in [6.45, 7) is 1.85. The summed E-state index contributed by atoms with van der Waals surface area (Å²) in [5.74, 6) is -1.28. The lowest BCUT2D eigenvalue weighted by atomic mass is 10.1. The Morgan fingerprint density at radius 3 is 2.57 bits per heavy atom. The second-order valence-electron chi connectivity index (χ2n) is 4.91. The van der Waals surface area contributed by atoms with Crippen LogP contribution in [0.15, 0.2) is 42.5 Å². The predicted molar refractivity (Wildman–Crippen MR) is 86.1 cm³/mol. The van der Waals surface area contributed by atoms with E-state index in [4.69, 9.17) is 4.74 Å². The van der Waals surface area contributed by atoms with Gasteiger partial charge in [0.05, 0.1) is 5.56 Å². The topological polar surface area (TPSA) is 84.5 Å². The standard InChI is InChI=1S/C17H18N2O4/c1-2-10-18-17(22)19-15(20)11-23-16(21)14-9-5-7-12-6-3-4-8-13(12)14/h3-9H,2,10-11H2,1H3,(H2,18,19,20,22). The Bertz CT molecular complexity index is 722. The highest BCUT2D eigenvalue weighted by Crippen LogP contribution is 2.19. The van der Waals surface area contributed by atoms with Crippen LogP contribution in [0, 0.1) is 0 Å². The van der Waals surface area contributed by atoms with E-state index in [0.29, 0.717) is 12.1 Å². The van der Waals surface area contributed by atoms with Crippen LogP contribution in [0.25, 0.3) is 10.8 Å². The Kier molecular flexibility index (Phi) is 5.68. The Labute approximate surface area is 133 Å². The summed E-state index contributed by atoms with van der Waals surface area (Å²) in [4.78, 5) is 35.0. The predicted octanol–water partition coefficient (Wildman–Crippen LogP) is 2.23. The average Bonchev–Trinajstić information content (AvgIpc) is 2.57. The quantitative estimate of drug-likeness (QED) is 0.829. The molecule has 0 aromatic heterocycles. The van der Waals surface area contributed by atoms with Crippen molar-refractivity contribution in [3.63, 3.8) is 0 Å². The highest BCUT2D eigenvalue weighted by molar-refractivity contribution is 6.05. The summed E-state index contributed by atoms with van der Waals surface area (Å²) >= 11 is 0. The number of carbonyl (C=O) groups is 3. The number of nitrogens with one attached hydrogen (secondary N) is 2. The van der Waals surface area contributed by atoms with Gasteiger partial charge in [0.1, 0.15) is 0 Å². The molecule has 0 unspecified atom stereocenters. The fourth-order valence-corrected chi connectivity index (χ4v) is 2.06. The molecule has 2 aromatic rings. The number of fused-ring (bicyclic) bond motifs is 1. The minimum absolute atomic E-state index is 0.381. The van der Waals surface area contributed by atoms with E-state index in [9.17, 15) is 14.4 Å². The van der Waals surface area contributed by atoms with E-state index in [0.717, 1.165) is 17.2 Å². The summed E-state index contributed by atoms with van der Waals surface area (Å²) in [5.41, 5.74) is 0.381. The zero-order valence-corrected chi connectivity index (χ0v) is 12.8. The van der Waals surface area contributed by atoms with Crippen molar-refractivity contribution < 1.29 is 19.1 Å². The zero-order valence-electron chi connectivity index (χ0n) is 12.8. The van der Waals surface area contributed by atoms with Gasteiger partial charge < -0.3 is 10.1 Å². The maximum atomic E-state index is 12.1. The number of hydrogen-bond donors (Lipinski definition) is 2. The Hall–Kier alpha value is -2.89. The Morgan fingerprint density at radius 1 is 1.04 bits per heavy atom. The van der Waals surface area contributed by atoms with Crippen molar-refractivity contribution in [2.75, 3.05) is 13.2 Å². The molecule has 6 nitrogen and oxygen atoms in total. The normalized spacial score (nSPS) is 10.1. The second kappa shape index (κ2) is 7.93. The molecule has 2 N–H and O–H groups in total. The van der Waals surface area contributed by atoms with Gasteiger partial charge in [-0.1, -0.05) is 43.3 Å². The van der Waals surface area contributed by atoms with Gasteiger partial charge >= 0.3 is 12.0 Å². The molecule has 0 atom stereocenters. The van der Waals surface area contributed by atoms with Crippen LogP contribution in [-0.4, -0.2) is 31.1 Å². The van der Waals surface area contributed by atoms with Crippen molar-refractivity contribution in [1.82, 2.24) is 10.6 Å². The monoisotopic (exact) mass is 314 g/mol. The molecule has 2 aromatic carbocycles. The van der Waals surface area contributed by atoms with Gasteiger partial charge in [-0.2, -0.15) is 0 Å². The number of amides is 3. The van der Waals surface area contributed by atoms with E-state index in [1.807, 2.05) is 37.3 Å². The van der Waals surface area contributed by atoms with Crippen LogP contribution in [0.2, 0.25) is 0 Å². The first-order valence-corrected chi connectivity index (χ1v) is 7.34. The minimum Gasteiger partial charge on any atom is -0.452 e. The smallest absolute Gasteiger partial charge is 0.339 e. The third-order valence-corrected chi connectivity index (χ3v) is 3.13. The van der Waals surface area contributed by atoms with Crippen LogP contribution in [-0.2, 0) is 9.53 Å². The molecule has 0 aliphatic heterocycles. The Morgan fingerprint density at radius 2 is 1.78 bits per heavy atom. The molecular formula is C17H18N2O4. The number of urea groups is 1. The van der Waals surface area contributed by atoms with Crippen molar-refractivity contribution in [2.24, 2.45) is 0 Å². The van der Waals surface area contributed by atoms with Gasteiger partial charge in [0, 0.05) is 6.54 Å². The van der Waals surface area contributed by atoms with E-state index < -0.39 is 24.5 Å². The number of imide groups is 1. The second-order valence-corrected chi connectivity index (χ2v) is 4.91. The molecule has 0 aliphatic rings. The number of benzene rings is 2. The van der Waals surface area contributed by atoms with Gasteiger partial charge in [-0.05, 0) is 23.3 Å². The number of carbonyl (C=O) groups excluding carboxylic acids is 3. The van der Waals surface area contributed by atoms with Gasteiger partial charge in [-0.3, -0.25) is 10.1 Å². The zero-order chi connectivity index (χ0) is 16.7. The molecule has 0 saturated heterocycles. The van der Waals surface area contributed by atoms with Crippen molar-refractivity contribution in [3.8, 4) is 0 Å². The summed E-state index contributed by atoms with van der Waals surface area (Å²) in [5, 5.41) is 6.25. The van der Waals surface area contributed by atoms with Crippen LogP contribution in [0.4, 0.5) is 4.79 Å². The molecule has 0 fully saturated rings. The number of hydrogen-bond acceptors (Lipinski definition) is 4. The van der Waals surface area contributed by atoms with E-state index in [1.165, 1.54) is 0 Å². The molecular weight excluding hydrogens is 296 g/mol. The largest absolute Gasteiger partial charge is 0.452 e. The van der Waals surface area contributed by atoms with Crippen LogP contribution in [0.5, 0.6) is 0 Å². The fraction of sp³-hybridized carbons (Fsp3) is 0.235. The number of ether oxygens (including phenoxy) is 1. The van der Waals surface area contributed by atoms with Crippen LogP contribution in [0.1, 0.15) is 23.7 Å². The van der Waals surface area contributed by atoms with E-state index in [-0.39, 0.29) is 0 Å². The molecule has 3 amide bonds. The molecule has 120 valence electrons. The van der Waals surface area contributed by atoms with Crippen molar-refractivity contribution in [1.29, 1.82) is 0 Å². The highest BCUT2D eigenvalue weighted by atomic mass is 16.5. The molecule has 0 spiro atoms. The van der Waals surface area contributed by atoms with Crippen LogP contribution < -0.4 is 10.6 Å². The van der Waals surface area contributed by atoms with Crippen molar-refractivity contribution in [2.45, 2.75) is 13.3 Å². The molecule has 2 rings (SSSR count). The van der Waals surface area contributed by atoms with Crippen molar-refractivity contribution in [3.05, 3.63) is 48.0 Å². The molecule has 0 heterocycles.